The van der Waals surface area contributed by atoms with Gasteiger partial charge in [0.15, 0.2) is 5.71 Å². The fourth-order valence-electron chi connectivity index (χ4n) is 2.58. The summed E-state index contributed by atoms with van der Waals surface area (Å²) in [4.78, 5) is 12.5. The Labute approximate surface area is 135 Å². The van der Waals surface area contributed by atoms with Crippen molar-refractivity contribution in [3.05, 3.63) is 66.2 Å². The Balaban J connectivity index is 2.02. The van der Waals surface area contributed by atoms with Gasteiger partial charge < -0.3 is 5.11 Å². The summed E-state index contributed by atoms with van der Waals surface area (Å²) in [5.41, 5.74) is -0.859. The number of rotatable bonds is 3. The first-order valence-corrected chi connectivity index (χ1v) is 7.17. The van der Waals surface area contributed by atoms with Crippen LogP contribution in [0.25, 0.3) is 0 Å². The smallest absolute Gasteiger partial charge is 0.387 e. The Morgan fingerprint density at radius 3 is 2.08 bits per heavy atom. The van der Waals surface area contributed by atoms with Gasteiger partial charge in [-0.25, -0.2) is 0 Å². The number of carbonyl (C=O) groups is 1. The number of para-hydroxylation sites is 1. The van der Waals surface area contributed by atoms with E-state index in [0.29, 0.717) is 5.01 Å². The van der Waals surface area contributed by atoms with Crippen molar-refractivity contribution in [3.63, 3.8) is 0 Å². The van der Waals surface area contributed by atoms with Crippen molar-refractivity contribution in [3.8, 4) is 0 Å². The van der Waals surface area contributed by atoms with Gasteiger partial charge in [-0.15, -0.1) is 0 Å². The van der Waals surface area contributed by atoms with Gasteiger partial charge in [0.1, 0.15) is 5.92 Å². The second-order valence-electron chi connectivity index (χ2n) is 5.30. The zero-order chi connectivity index (χ0) is 17.3. The van der Waals surface area contributed by atoms with Gasteiger partial charge in [-0.3, -0.25) is 4.79 Å². The minimum Gasteiger partial charge on any atom is -0.387 e. The van der Waals surface area contributed by atoms with Crippen molar-refractivity contribution >= 4 is 17.3 Å². The maximum atomic E-state index is 13.3. The van der Waals surface area contributed by atoms with Crippen LogP contribution < -0.4 is 5.01 Å². The summed E-state index contributed by atoms with van der Waals surface area (Å²) in [5, 5.41) is 14.5. The average molecular weight is 334 g/mol. The lowest BCUT2D eigenvalue weighted by Crippen LogP contribution is -2.37. The van der Waals surface area contributed by atoms with Gasteiger partial charge >= 0.3 is 6.18 Å². The molecule has 0 bridgehead atoms. The third-order valence-corrected chi connectivity index (χ3v) is 3.73. The van der Waals surface area contributed by atoms with Crippen LogP contribution in [0.3, 0.4) is 0 Å². The predicted octanol–water partition coefficient (Wildman–Crippen LogP) is 3.30. The van der Waals surface area contributed by atoms with Gasteiger partial charge in [-0.2, -0.15) is 23.3 Å². The molecule has 124 valence electrons. The third-order valence-electron chi connectivity index (χ3n) is 3.73. The van der Waals surface area contributed by atoms with Crippen molar-refractivity contribution in [1.82, 2.24) is 0 Å². The first-order valence-electron chi connectivity index (χ1n) is 7.17. The minimum atomic E-state index is -4.82. The van der Waals surface area contributed by atoms with Crippen molar-refractivity contribution in [1.29, 1.82) is 0 Å². The number of nitrogens with zero attached hydrogens (tertiary/aromatic N) is 2. The predicted molar refractivity (Wildman–Crippen MR) is 82.3 cm³/mol. The number of aliphatic hydroxyl groups excluding tert-OH is 1. The highest BCUT2D eigenvalue weighted by Crippen LogP contribution is 2.37. The van der Waals surface area contributed by atoms with E-state index >= 15 is 0 Å². The van der Waals surface area contributed by atoms with E-state index in [0.717, 1.165) is 0 Å². The highest BCUT2D eigenvalue weighted by molar-refractivity contribution is 6.17. The molecule has 0 unspecified atom stereocenters. The van der Waals surface area contributed by atoms with Crippen LogP contribution >= 0.6 is 0 Å². The van der Waals surface area contributed by atoms with Gasteiger partial charge in [0.2, 0.25) is 0 Å². The van der Waals surface area contributed by atoms with E-state index in [2.05, 4.69) is 5.10 Å². The summed E-state index contributed by atoms with van der Waals surface area (Å²) in [7, 11) is 0. The molecule has 2 aromatic carbocycles. The second-order valence-corrected chi connectivity index (χ2v) is 5.30. The molecule has 24 heavy (non-hydrogen) atoms. The number of hydrogen-bond donors (Lipinski definition) is 1. The fourth-order valence-corrected chi connectivity index (χ4v) is 2.58. The van der Waals surface area contributed by atoms with Crippen LogP contribution in [0.1, 0.15) is 11.7 Å². The molecule has 0 radical (unpaired) electrons. The number of amides is 1. The maximum Gasteiger partial charge on any atom is 0.432 e. The molecular formula is C17H13F3N2O2. The van der Waals surface area contributed by atoms with Gasteiger partial charge in [-0.1, -0.05) is 48.5 Å². The molecule has 2 aromatic rings. The summed E-state index contributed by atoms with van der Waals surface area (Å²) in [6.07, 6.45) is -6.45. The molecule has 0 aromatic heterocycles. The van der Waals surface area contributed by atoms with Crippen LogP contribution in [-0.2, 0) is 4.79 Å². The molecule has 1 amide bonds. The SMILES string of the molecule is O=C1[C@H]([C@H](O)c2ccccc2)C(C(F)(F)F)=NN1c1ccccc1. The van der Waals surface area contributed by atoms with E-state index in [1.807, 2.05) is 0 Å². The first-order chi connectivity index (χ1) is 11.4. The molecule has 0 saturated carbocycles. The van der Waals surface area contributed by atoms with Crippen LogP contribution in [0.2, 0.25) is 0 Å². The van der Waals surface area contributed by atoms with Crippen LogP contribution in [0, 0.1) is 5.92 Å². The number of anilines is 1. The molecule has 0 spiro atoms. The zero-order valence-electron chi connectivity index (χ0n) is 12.3. The van der Waals surface area contributed by atoms with Gasteiger partial charge in [-0.05, 0) is 17.7 Å². The molecule has 1 heterocycles. The van der Waals surface area contributed by atoms with E-state index < -0.39 is 29.8 Å². The number of carbonyl (C=O) groups excluding carboxylic acids is 1. The topological polar surface area (TPSA) is 52.9 Å². The van der Waals surface area contributed by atoms with E-state index in [-0.39, 0.29) is 11.3 Å². The number of hydrazone groups is 1. The Bertz CT molecular complexity index is 760. The molecule has 7 heteroatoms. The van der Waals surface area contributed by atoms with E-state index in [1.54, 1.807) is 36.4 Å². The summed E-state index contributed by atoms with van der Waals surface area (Å²) in [5.74, 6) is -2.71. The largest absolute Gasteiger partial charge is 0.432 e. The van der Waals surface area contributed by atoms with Crippen molar-refractivity contribution in [2.45, 2.75) is 12.3 Å². The quantitative estimate of drug-likeness (QED) is 0.936. The summed E-state index contributed by atoms with van der Waals surface area (Å²) in [6, 6.07) is 15.6. The first kappa shape index (κ1) is 16.2. The zero-order valence-corrected chi connectivity index (χ0v) is 12.3. The summed E-state index contributed by atoms with van der Waals surface area (Å²) in [6.45, 7) is 0. The Morgan fingerprint density at radius 2 is 1.54 bits per heavy atom. The van der Waals surface area contributed by atoms with E-state index in [1.165, 1.54) is 24.3 Å². The molecule has 3 rings (SSSR count). The highest BCUT2D eigenvalue weighted by Gasteiger charge is 2.53. The van der Waals surface area contributed by atoms with Crippen molar-refractivity contribution in [2.24, 2.45) is 11.0 Å². The molecule has 0 aliphatic carbocycles. The van der Waals surface area contributed by atoms with Crippen molar-refractivity contribution < 1.29 is 23.1 Å². The lowest BCUT2D eigenvalue weighted by atomic mass is 9.91. The molecular weight excluding hydrogens is 321 g/mol. The fraction of sp³-hybridized carbons (Fsp3) is 0.176. The highest BCUT2D eigenvalue weighted by atomic mass is 19.4. The number of hydrogen-bond acceptors (Lipinski definition) is 3. The molecule has 2 atom stereocenters. The molecule has 0 saturated heterocycles. The van der Waals surface area contributed by atoms with Gasteiger partial charge in [0, 0.05) is 0 Å². The van der Waals surface area contributed by atoms with Gasteiger partial charge in [0.25, 0.3) is 5.91 Å². The molecule has 1 aliphatic rings. The third kappa shape index (κ3) is 2.90. The standard InChI is InChI=1S/C17H13F3N2O2/c18-17(19,20)15-13(14(23)11-7-3-1-4-8-11)16(24)22(21-15)12-9-5-2-6-10-12/h1-10,13-14,23H/t13-,14-/m1/s1. The van der Waals surface area contributed by atoms with Crippen LogP contribution in [0.4, 0.5) is 18.9 Å². The van der Waals surface area contributed by atoms with Gasteiger partial charge in [0.05, 0.1) is 11.8 Å². The Kier molecular flexibility index (Phi) is 4.11. The molecule has 4 nitrogen and oxygen atoms in total. The monoisotopic (exact) mass is 334 g/mol. The van der Waals surface area contributed by atoms with E-state index in [9.17, 15) is 23.1 Å². The minimum absolute atomic E-state index is 0.215. The van der Waals surface area contributed by atoms with E-state index in [4.69, 9.17) is 0 Å². The number of alkyl halides is 3. The van der Waals surface area contributed by atoms with Crippen molar-refractivity contribution in [2.75, 3.05) is 5.01 Å². The van der Waals surface area contributed by atoms with Crippen LogP contribution in [0.15, 0.2) is 65.8 Å². The normalized spacial score (nSPS) is 19.3. The lowest BCUT2D eigenvalue weighted by Gasteiger charge is -2.20. The lowest BCUT2D eigenvalue weighted by molar-refractivity contribution is -0.123. The molecule has 1 N–H and O–H groups in total. The number of benzene rings is 2. The molecule has 1 aliphatic heterocycles. The number of halogens is 3. The maximum absolute atomic E-state index is 13.3. The van der Waals surface area contributed by atoms with Crippen LogP contribution in [0.5, 0.6) is 0 Å². The summed E-state index contributed by atoms with van der Waals surface area (Å²) >= 11 is 0. The van der Waals surface area contributed by atoms with Crippen LogP contribution in [-0.4, -0.2) is 22.9 Å². The Hall–Kier alpha value is -2.67. The Morgan fingerprint density at radius 1 is 1.00 bits per heavy atom. The average Bonchev–Trinajstić information content (AvgIpc) is 2.93. The number of aliphatic hydroxyl groups is 1. The summed E-state index contributed by atoms with van der Waals surface area (Å²) < 4.78 is 40.0. The second kappa shape index (κ2) is 6.09. The molecule has 0 fully saturated rings.